The normalized spacial score (nSPS) is 19.1. The molecule has 0 radical (unpaired) electrons. The van der Waals surface area contributed by atoms with Crippen molar-refractivity contribution in [3.8, 4) is 29.5 Å². The monoisotopic (exact) mass is 830 g/mol. The predicted octanol–water partition coefficient (Wildman–Crippen LogP) is 6.67. The molecule has 1 saturated heterocycles. The highest BCUT2D eigenvalue weighted by atomic mass is 35.5. The molecule has 4 heterocycles. The lowest BCUT2D eigenvalue weighted by molar-refractivity contribution is -0.164. The second kappa shape index (κ2) is 17.2. The number of amides is 3. The van der Waals surface area contributed by atoms with Crippen molar-refractivity contribution in [3.05, 3.63) is 99.8 Å². The van der Waals surface area contributed by atoms with Crippen LogP contribution in [0.3, 0.4) is 0 Å². The molecular formula is C45H47ClN8O6. The SMILES string of the molecule is COc1nc(C#N)ccc1N1C(=O)c2ccc(OCCCCCN3CCN(c4ccc(C(=O)N[C@H]5C(C)(C)[C@H](Oc6ccc(C#N)c(Cl)c6)C5(C)C)cn4)CC3)cc2C1=O. The van der Waals surface area contributed by atoms with Crippen LogP contribution in [0.25, 0.3) is 0 Å². The first-order valence-corrected chi connectivity index (χ1v) is 20.4. The molecule has 3 amide bonds. The first kappa shape index (κ1) is 41.9. The van der Waals surface area contributed by atoms with E-state index in [0.29, 0.717) is 34.3 Å². The van der Waals surface area contributed by atoms with Gasteiger partial charge in [-0.15, -0.1) is 0 Å². The van der Waals surface area contributed by atoms with Gasteiger partial charge >= 0.3 is 0 Å². The van der Waals surface area contributed by atoms with E-state index in [2.05, 4.69) is 58.8 Å². The number of carbonyl (C=O) groups excluding carboxylic acids is 3. The Morgan fingerprint density at radius 1 is 0.883 bits per heavy atom. The number of pyridine rings is 2. The number of imide groups is 1. The average Bonchev–Trinajstić information content (AvgIpc) is 3.50. The number of halogens is 1. The number of nitrogens with one attached hydrogen (secondary N) is 1. The number of rotatable bonds is 14. The van der Waals surface area contributed by atoms with E-state index in [0.717, 1.165) is 62.7 Å². The van der Waals surface area contributed by atoms with Gasteiger partial charge in [-0.25, -0.2) is 14.9 Å². The molecule has 2 aromatic heterocycles. The number of anilines is 2. The van der Waals surface area contributed by atoms with E-state index in [1.54, 1.807) is 42.6 Å². The highest BCUT2D eigenvalue weighted by molar-refractivity contribution is 6.35. The van der Waals surface area contributed by atoms with E-state index in [1.807, 2.05) is 18.2 Å². The summed E-state index contributed by atoms with van der Waals surface area (Å²) in [7, 11) is 1.37. The van der Waals surface area contributed by atoms with Crippen molar-refractivity contribution in [1.29, 1.82) is 10.5 Å². The fourth-order valence-corrected chi connectivity index (χ4v) is 9.08. The van der Waals surface area contributed by atoms with Crippen LogP contribution < -0.4 is 29.3 Å². The van der Waals surface area contributed by atoms with E-state index in [9.17, 15) is 19.6 Å². The van der Waals surface area contributed by atoms with Crippen LogP contribution in [-0.2, 0) is 0 Å². The quantitative estimate of drug-likeness (QED) is 0.106. The lowest BCUT2D eigenvalue weighted by atomic mass is 9.49. The summed E-state index contributed by atoms with van der Waals surface area (Å²) in [5.41, 5.74) is 0.945. The Labute approximate surface area is 354 Å². The number of ether oxygens (including phenoxy) is 3. The van der Waals surface area contributed by atoms with Crippen LogP contribution in [0.5, 0.6) is 17.4 Å². The summed E-state index contributed by atoms with van der Waals surface area (Å²) in [5, 5.41) is 21.9. The number of piperazine rings is 1. The lowest BCUT2D eigenvalue weighted by Gasteiger charge is -2.63. The number of unbranched alkanes of at least 4 members (excludes halogenated alkanes) is 2. The van der Waals surface area contributed by atoms with Gasteiger partial charge in [0.15, 0.2) is 0 Å². The summed E-state index contributed by atoms with van der Waals surface area (Å²) in [5.74, 6) is 0.784. The molecule has 0 atom stereocenters. The van der Waals surface area contributed by atoms with Crippen LogP contribution in [0.15, 0.2) is 66.9 Å². The third-order valence-corrected chi connectivity index (χ3v) is 12.1. The van der Waals surface area contributed by atoms with Gasteiger partial charge in [-0.3, -0.25) is 19.3 Å². The Hall–Kier alpha value is -6.22. The Morgan fingerprint density at radius 3 is 2.28 bits per heavy atom. The molecule has 2 fully saturated rings. The molecule has 3 aliphatic rings. The fourth-order valence-electron chi connectivity index (χ4n) is 8.87. The number of nitrogens with zero attached hydrogens (tertiary/aromatic N) is 7. The Bertz CT molecular complexity index is 2370. The number of hydrogen-bond acceptors (Lipinski definition) is 12. The molecule has 60 heavy (non-hydrogen) atoms. The van der Waals surface area contributed by atoms with Crippen molar-refractivity contribution < 1.29 is 28.6 Å². The minimum atomic E-state index is -0.506. The Balaban J connectivity index is 0.817. The van der Waals surface area contributed by atoms with Gasteiger partial charge in [-0.1, -0.05) is 39.3 Å². The predicted molar refractivity (Wildman–Crippen MR) is 225 cm³/mol. The van der Waals surface area contributed by atoms with Crippen LogP contribution in [0.1, 0.15) is 89.3 Å². The number of methoxy groups -OCH3 is 1. The molecule has 0 bridgehead atoms. The number of aromatic nitrogens is 2. The van der Waals surface area contributed by atoms with Crippen molar-refractivity contribution >= 4 is 40.8 Å². The average molecular weight is 831 g/mol. The van der Waals surface area contributed by atoms with Gasteiger partial charge in [0.2, 0.25) is 5.88 Å². The Kier molecular flexibility index (Phi) is 12.0. The maximum Gasteiger partial charge on any atom is 0.266 e. The molecule has 7 rings (SSSR count). The van der Waals surface area contributed by atoms with Crippen LogP contribution in [0.2, 0.25) is 5.02 Å². The van der Waals surface area contributed by atoms with Gasteiger partial charge in [0.05, 0.1) is 41.0 Å². The molecule has 2 aliphatic heterocycles. The zero-order valence-corrected chi connectivity index (χ0v) is 35.1. The first-order chi connectivity index (χ1) is 28.8. The van der Waals surface area contributed by atoms with E-state index in [4.69, 9.17) is 31.1 Å². The third kappa shape index (κ3) is 8.18. The zero-order chi connectivity index (χ0) is 42.8. The van der Waals surface area contributed by atoms with Crippen molar-refractivity contribution in [2.75, 3.05) is 56.2 Å². The largest absolute Gasteiger partial charge is 0.494 e. The van der Waals surface area contributed by atoms with E-state index < -0.39 is 11.8 Å². The molecule has 0 unspecified atom stereocenters. The second-order valence-electron chi connectivity index (χ2n) is 16.4. The van der Waals surface area contributed by atoms with Gasteiger partial charge in [-0.2, -0.15) is 10.5 Å². The van der Waals surface area contributed by atoms with Gasteiger partial charge in [0.1, 0.15) is 46.9 Å². The minimum absolute atomic E-state index is 0.0157. The molecule has 0 spiro atoms. The highest BCUT2D eigenvalue weighted by Gasteiger charge is 2.64. The van der Waals surface area contributed by atoms with Crippen molar-refractivity contribution in [1.82, 2.24) is 20.2 Å². The number of fused-ring (bicyclic) bond motifs is 1. The third-order valence-electron chi connectivity index (χ3n) is 11.8. The maximum atomic E-state index is 13.4. The van der Waals surface area contributed by atoms with Crippen molar-refractivity contribution in [3.63, 3.8) is 0 Å². The van der Waals surface area contributed by atoms with Gasteiger partial charge in [0, 0.05) is 55.3 Å². The molecule has 1 saturated carbocycles. The van der Waals surface area contributed by atoms with E-state index in [1.165, 1.54) is 19.2 Å². The second-order valence-corrected chi connectivity index (χ2v) is 16.8. The summed E-state index contributed by atoms with van der Waals surface area (Å²) in [6.45, 7) is 13.3. The summed E-state index contributed by atoms with van der Waals surface area (Å²) < 4.78 is 17.6. The standard InChI is InChI=1S/C45H47ClN8O6/c1-44(2)42(45(3,4)43(44)60-32-12-9-28(25-47)35(46)24-32)51-38(55)29-10-16-37(49-27-29)53-20-18-52(19-21-53)17-7-6-8-22-59-31-13-14-33-34(23-31)41(57)54(40(33)56)36-15-11-30(26-48)50-39(36)58-5/h9-16,23-24,27,42-43H,6-8,17-22H2,1-5H3,(H,51,55)/t42-,43-. The maximum absolute atomic E-state index is 13.4. The van der Waals surface area contributed by atoms with Crippen LogP contribution in [-0.4, -0.2) is 91.2 Å². The molecule has 310 valence electrons. The van der Waals surface area contributed by atoms with Gasteiger partial charge in [-0.05, 0) is 80.4 Å². The number of hydrogen-bond donors (Lipinski definition) is 1. The molecule has 14 nitrogen and oxygen atoms in total. The molecule has 15 heteroatoms. The minimum Gasteiger partial charge on any atom is -0.494 e. The van der Waals surface area contributed by atoms with Crippen LogP contribution in [0, 0.1) is 33.5 Å². The number of nitriles is 2. The van der Waals surface area contributed by atoms with Crippen molar-refractivity contribution in [2.45, 2.75) is 59.1 Å². The first-order valence-electron chi connectivity index (χ1n) is 20.0. The highest BCUT2D eigenvalue weighted by Crippen LogP contribution is 2.55. The fraction of sp³-hybridized carbons (Fsp3) is 0.400. The topological polar surface area (TPSA) is 174 Å². The van der Waals surface area contributed by atoms with Gasteiger partial charge in [0.25, 0.3) is 17.7 Å². The Morgan fingerprint density at radius 2 is 1.62 bits per heavy atom. The summed E-state index contributed by atoms with van der Waals surface area (Å²) in [4.78, 5) is 54.3. The van der Waals surface area contributed by atoms with E-state index in [-0.39, 0.29) is 57.3 Å². The molecular weight excluding hydrogens is 784 g/mol. The number of benzene rings is 2. The van der Waals surface area contributed by atoms with Crippen LogP contribution in [0.4, 0.5) is 11.5 Å². The number of carbonyl (C=O) groups is 3. The molecule has 4 aromatic rings. The van der Waals surface area contributed by atoms with Gasteiger partial charge < -0.3 is 24.4 Å². The summed E-state index contributed by atoms with van der Waals surface area (Å²) >= 11 is 6.24. The molecule has 1 N–H and O–H groups in total. The zero-order valence-electron chi connectivity index (χ0n) is 34.3. The summed E-state index contributed by atoms with van der Waals surface area (Å²) in [6, 6.07) is 20.4. The smallest absolute Gasteiger partial charge is 0.266 e. The van der Waals surface area contributed by atoms with E-state index >= 15 is 0 Å². The summed E-state index contributed by atoms with van der Waals surface area (Å²) in [6.07, 6.45) is 4.28. The molecule has 1 aliphatic carbocycles. The molecule has 2 aromatic carbocycles. The van der Waals surface area contributed by atoms with Crippen molar-refractivity contribution in [2.24, 2.45) is 10.8 Å². The van der Waals surface area contributed by atoms with Crippen LogP contribution >= 0.6 is 11.6 Å². The lowest BCUT2D eigenvalue weighted by Crippen LogP contribution is -2.74.